The summed E-state index contributed by atoms with van der Waals surface area (Å²) < 4.78 is 49.2. The number of hydrogen-bond donors (Lipinski definition) is 3. The van der Waals surface area contributed by atoms with Crippen molar-refractivity contribution in [3.8, 4) is 0 Å². The molecule has 0 radical (unpaired) electrons. The van der Waals surface area contributed by atoms with Gasteiger partial charge < -0.3 is 25.2 Å². The summed E-state index contributed by atoms with van der Waals surface area (Å²) in [5.41, 5.74) is -0.344. The van der Waals surface area contributed by atoms with Gasteiger partial charge in [-0.25, -0.2) is 19.6 Å². The molecule has 1 fully saturated rings. The minimum Gasteiger partial charge on any atom is -0.465 e. The van der Waals surface area contributed by atoms with Crippen molar-refractivity contribution in [2.24, 2.45) is 5.92 Å². The van der Waals surface area contributed by atoms with Gasteiger partial charge in [0.15, 0.2) is 5.65 Å². The molecule has 0 saturated carbocycles. The molecule has 2 amide bonds. The van der Waals surface area contributed by atoms with Gasteiger partial charge in [0.05, 0.1) is 31.1 Å². The number of anilines is 2. The summed E-state index contributed by atoms with van der Waals surface area (Å²) in [6, 6.07) is 5.23. The predicted molar refractivity (Wildman–Crippen MR) is 157 cm³/mol. The molecule has 13 nitrogen and oxygen atoms in total. The standard InChI is InChI=1S/C29H35F3N8O5/c1-5-17-13-34-40-24(11-22(36-25(17)40)33-12-18-9-10-37(26(42)43)16-20(18)41)39(27(44)45-28(2,3)4)15-19-14-38-21(29(30,31)32)7-6-8-23(38)35-19/h6-8,11,13-14,18,20,41H,5,9-10,12,15-16H2,1-4H3,(H,33,36)(H,42,43)/t18-,20+/m1/s1. The van der Waals surface area contributed by atoms with E-state index in [1.54, 1.807) is 33.0 Å². The van der Waals surface area contributed by atoms with Gasteiger partial charge in [-0.05, 0) is 45.7 Å². The van der Waals surface area contributed by atoms with E-state index in [1.807, 2.05) is 6.92 Å². The van der Waals surface area contributed by atoms with Crippen molar-refractivity contribution in [2.45, 2.75) is 65.0 Å². The zero-order chi connectivity index (χ0) is 32.7. The number of hydrogen-bond acceptors (Lipinski definition) is 8. The van der Waals surface area contributed by atoms with Crippen LogP contribution in [0.4, 0.5) is 34.4 Å². The molecule has 3 N–H and O–H groups in total. The summed E-state index contributed by atoms with van der Waals surface area (Å²) in [7, 11) is 0. The molecule has 0 aliphatic carbocycles. The van der Waals surface area contributed by atoms with Crippen LogP contribution in [0.2, 0.25) is 0 Å². The number of carboxylic acid groups (broad SMARTS) is 1. The molecule has 242 valence electrons. The lowest BCUT2D eigenvalue weighted by molar-refractivity contribution is -0.142. The first-order chi connectivity index (χ1) is 21.1. The van der Waals surface area contributed by atoms with Gasteiger partial charge in [-0.15, -0.1) is 0 Å². The highest BCUT2D eigenvalue weighted by molar-refractivity contribution is 5.88. The normalized spacial score (nSPS) is 17.6. The average molecular weight is 633 g/mol. The number of likely N-dealkylation sites (tertiary alicyclic amines) is 1. The second-order valence-electron chi connectivity index (χ2n) is 11.9. The summed E-state index contributed by atoms with van der Waals surface area (Å²) in [6.45, 7) is 7.30. The summed E-state index contributed by atoms with van der Waals surface area (Å²) >= 11 is 0. The number of β-amino-alcohol motifs (C(OH)–C–C–N with tert-alkyl or cyclic N) is 1. The fraction of sp³-hybridized carbons (Fsp3) is 0.483. The Morgan fingerprint density at radius 3 is 2.60 bits per heavy atom. The van der Waals surface area contributed by atoms with Gasteiger partial charge in [0.2, 0.25) is 0 Å². The van der Waals surface area contributed by atoms with Crippen LogP contribution in [-0.2, 0) is 23.9 Å². The van der Waals surface area contributed by atoms with E-state index in [-0.39, 0.29) is 49.3 Å². The second-order valence-corrected chi connectivity index (χ2v) is 11.9. The molecule has 45 heavy (non-hydrogen) atoms. The van der Waals surface area contributed by atoms with Crippen molar-refractivity contribution in [3.63, 3.8) is 0 Å². The van der Waals surface area contributed by atoms with Crippen LogP contribution in [0.25, 0.3) is 11.3 Å². The van der Waals surface area contributed by atoms with Gasteiger partial charge in [0.25, 0.3) is 0 Å². The van der Waals surface area contributed by atoms with Crippen LogP contribution in [0, 0.1) is 5.92 Å². The third kappa shape index (κ3) is 6.90. The van der Waals surface area contributed by atoms with E-state index in [0.717, 1.165) is 16.0 Å². The van der Waals surface area contributed by atoms with Gasteiger partial charge in [-0.1, -0.05) is 13.0 Å². The molecule has 4 aromatic heterocycles. The van der Waals surface area contributed by atoms with Crippen LogP contribution >= 0.6 is 0 Å². The van der Waals surface area contributed by atoms with Gasteiger partial charge in [0, 0.05) is 36.8 Å². The molecule has 5 rings (SSSR count). The number of aryl methyl sites for hydroxylation is 1. The Hall–Kier alpha value is -4.60. The first kappa shape index (κ1) is 31.8. The molecule has 0 spiro atoms. The minimum absolute atomic E-state index is 0.0104. The minimum atomic E-state index is -4.62. The molecule has 2 atom stereocenters. The molecule has 1 saturated heterocycles. The first-order valence-corrected chi connectivity index (χ1v) is 14.5. The Morgan fingerprint density at radius 2 is 1.96 bits per heavy atom. The topological polar surface area (TPSA) is 150 Å². The Balaban J connectivity index is 1.53. The molecule has 16 heteroatoms. The molecule has 0 aromatic carbocycles. The zero-order valence-corrected chi connectivity index (χ0v) is 25.2. The number of halogens is 3. The molecular weight excluding hydrogens is 597 g/mol. The summed E-state index contributed by atoms with van der Waals surface area (Å²) in [4.78, 5) is 36.5. The van der Waals surface area contributed by atoms with E-state index in [1.165, 1.54) is 32.6 Å². The van der Waals surface area contributed by atoms with E-state index in [4.69, 9.17) is 9.72 Å². The molecule has 0 unspecified atom stereocenters. The molecular formula is C29H35F3N8O5. The van der Waals surface area contributed by atoms with Crippen LogP contribution in [0.3, 0.4) is 0 Å². The van der Waals surface area contributed by atoms with Gasteiger partial charge in [0.1, 0.15) is 28.6 Å². The van der Waals surface area contributed by atoms with Crippen molar-refractivity contribution in [1.82, 2.24) is 28.9 Å². The SMILES string of the molecule is CCc1cnn2c(N(Cc3cn4c(C(F)(F)F)cccc4n3)C(=O)OC(C)(C)C)cc(NC[C@H]3CCN(C(=O)O)C[C@@H]3O)nc12. The smallest absolute Gasteiger partial charge is 0.431 e. The Kier molecular flexibility index (Phi) is 8.53. The number of fused-ring (bicyclic) bond motifs is 2. The maximum absolute atomic E-state index is 13.7. The Labute approximate surface area is 256 Å². The summed E-state index contributed by atoms with van der Waals surface area (Å²) in [6.07, 6.45) is -3.52. The van der Waals surface area contributed by atoms with E-state index < -0.39 is 35.8 Å². The third-order valence-corrected chi connectivity index (χ3v) is 7.49. The van der Waals surface area contributed by atoms with Gasteiger partial charge in [-0.3, -0.25) is 9.30 Å². The number of aliphatic hydroxyl groups excluding tert-OH is 1. The number of carbonyl (C=O) groups excluding carboxylic acids is 1. The molecule has 1 aliphatic rings. The van der Waals surface area contributed by atoms with Gasteiger partial charge in [-0.2, -0.15) is 22.8 Å². The lowest BCUT2D eigenvalue weighted by atomic mass is 9.94. The number of piperidine rings is 1. The highest BCUT2D eigenvalue weighted by atomic mass is 19.4. The number of nitrogens with one attached hydrogen (secondary N) is 1. The highest BCUT2D eigenvalue weighted by Crippen LogP contribution is 2.31. The van der Waals surface area contributed by atoms with Crippen molar-refractivity contribution in [3.05, 3.63) is 53.6 Å². The van der Waals surface area contributed by atoms with E-state index in [9.17, 15) is 33.0 Å². The fourth-order valence-electron chi connectivity index (χ4n) is 5.24. The van der Waals surface area contributed by atoms with Crippen molar-refractivity contribution >= 4 is 35.1 Å². The maximum Gasteiger partial charge on any atom is 0.431 e. The predicted octanol–water partition coefficient (Wildman–Crippen LogP) is 4.67. The number of ether oxygens (including phenoxy) is 1. The highest BCUT2D eigenvalue weighted by Gasteiger charge is 2.34. The average Bonchev–Trinajstić information content (AvgIpc) is 3.56. The molecule has 0 bridgehead atoms. The Morgan fingerprint density at radius 1 is 1.20 bits per heavy atom. The lowest BCUT2D eigenvalue weighted by Crippen LogP contribution is -2.47. The van der Waals surface area contributed by atoms with Crippen LogP contribution in [0.1, 0.15) is 51.1 Å². The van der Waals surface area contributed by atoms with E-state index in [0.29, 0.717) is 24.3 Å². The number of carbonyl (C=O) groups is 2. The van der Waals surface area contributed by atoms with Crippen molar-refractivity contribution < 1.29 is 37.7 Å². The number of rotatable bonds is 7. The number of aromatic nitrogens is 5. The molecule has 5 heterocycles. The Bertz CT molecular complexity index is 1710. The summed E-state index contributed by atoms with van der Waals surface area (Å²) in [5.74, 6) is 0.315. The van der Waals surface area contributed by atoms with E-state index >= 15 is 0 Å². The quantitative estimate of drug-likeness (QED) is 0.264. The molecule has 1 aliphatic heterocycles. The zero-order valence-electron chi connectivity index (χ0n) is 25.2. The van der Waals surface area contributed by atoms with Crippen LogP contribution in [0.15, 0.2) is 36.7 Å². The number of imidazole rings is 1. The number of alkyl halides is 3. The monoisotopic (exact) mass is 632 g/mol. The second kappa shape index (κ2) is 12.1. The molecule has 4 aromatic rings. The third-order valence-electron chi connectivity index (χ3n) is 7.49. The van der Waals surface area contributed by atoms with Crippen LogP contribution < -0.4 is 10.2 Å². The van der Waals surface area contributed by atoms with Crippen LogP contribution in [-0.4, -0.2) is 82.6 Å². The maximum atomic E-state index is 13.7. The van der Waals surface area contributed by atoms with E-state index in [2.05, 4.69) is 15.4 Å². The fourth-order valence-corrected chi connectivity index (χ4v) is 5.24. The summed E-state index contributed by atoms with van der Waals surface area (Å²) in [5, 5.41) is 27.5. The number of nitrogens with zero attached hydrogens (tertiary/aromatic N) is 7. The number of amides is 2. The van der Waals surface area contributed by atoms with Gasteiger partial charge >= 0.3 is 18.4 Å². The lowest BCUT2D eigenvalue weighted by Gasteiger charge is -2.34. The van der Waals surface area contributed by atoms with Crippen molar-refractivity contribution in [2.75, 3.05) is 29.9 Å². The van der Waals surface area contributed by atoms with Crippen molar-refractivity contribution in [1.29, 1.82) is 0 Å². The largest absolute Gasteiger partial charge is 0.465 e. The number of aliphatic hydroxyl groups is 1. The van der Waals surface area contributed by atoms with Crippen LogP contribution in [0.5, 0.6) is 0 Å². The first-order valence-electron chi connectivity index (χ1n) is 14.5. The number of pyridine rings is 1.